The van der Waals surface area contributed by atoms with Crippen LogP contribution in [0.5, 0.6) is 0 Å². The lowest BCUT2D eigenvalue weighted by atomic mass is 10.3. The molecular formula is C11H18N2O5. The van der Waals surface area contributed by atoms with Gasteiger partial charge < -0.3 is 24.3 Å². The lowest BCUT2D eigenvalue weighted by molar-refractivity contribution is 0.0690. The van der Waals surface area contributed by atoms with Gasteiger partial charge in [-0.1, -0.05) is 0 Å². The summed E-state index contributed by atoms with van der Waals surface area (Å²) in [6.07, 6.45) is 2.90. The predicted octanol–water partition coefficient (Wildman–Crippen LogP) is 1.23. The summed E-state index contributed by atoms with van der Waals surface area (Å²) >= 11 is 0. The standard InChI is InChI=1S/C11H18N2O5/c1-16-6-7-17-5-3-2-4-12-11-13-9(8-18-11)10(14)15/h8H,2-7H2,1H3,(H,12,13)(H,14,15). The molecule has 0 amide bonds. The zero-order valence-corrected chi connectivity index (χ0v) is 10.3. The monoisotopic (exact) mass is 258 g/mol. The average Bonchev–Trinajstić information content (AvgIpc) is 2.81. The summed E-state index contributed by atoms with van der Waals surface area (Å²) in [6.45, 7) is 2.54. The van der Waals surface area contributed by atoms with Gasteiger partial charge in [0.2, 0.25) is 0 Å². The fourth-order valence-corrected chi connectivity index (χ4v) is 1.22. The van der Waals surface area contributed by atoms with Crippen LogP contribution >= 0.6 is 0 Å². The maximum Gasteiger partial charge on any atom is 0.357 e. The van der Waals surface area contributed by atoms with Gasteiger partial charge in [0.15, 0.2) is 5.69 Å². The first kappa shape index (κ1) is 14.5. The first-order chi connectivity index (χ1) is 8.74. The van der Waals surface area contributed by atoms with Crippen LogP contribution in [-0.4, -0.2) is 49.5 Å². The van der Waals surface area contributed by atoms with Gasteiger partial charge in [0.05, 0.1) is 13.2 Å². The normalized spacial score (nSPS) is 10.5. The summed E-state index contributed by atoms with van der Waals surface area (Å²) in [5.74, 6) is -1.10. The first-order valence-corrected chi connectivity index (χ1v) is 5.73. The summed E-state index contributed by atoms with van der Waals surface area (Å²) in [5, 5.41) is 11.5. The molecule has 7 nitrogen and oxygen atoms in total. The van der Waals surface area contributed by atoms with Crippen LogP contribution in [0.1, 0.15) is 23.3 Å². The summed E-state index contributed by atoms with van der Waals surface area (Å²) in [7, 11) is 1.63. The summed E-state index contributed by atoms with van der Waals surface area (Å²) in [5.41, 5.74) is -0.0969. The molecule has 0 unspecified atom stereocenters. The molecule has 18 heavy (non-hydrogen) atoms. The lowest BCUT2D eigenvalue weighted by Crippen LogP contribution is -2.06. The zero-order valence-electron chi connectivity index (χ0n) is 10.3. The van der Waals surface area contributed by atoms with E-state index < -0.39 is 5.97 Å². The molecule has 0 aliphatic rings. The molecule has 0 saturated heterocycles. The number of carboxylic acid groups (broad SMARTS) is 1. The van der Waals surface area contributed by atoms with E-state index >= 15 is 0 Å². The second-order valence-electron chi connectivity index (χ2n) is 3.58. The van der Waals surface area contributed by atoms with E-state index in [0.717, 1.165) is 19.1 Å². The third-order valence-corrected chi connectivity index (χ3v) is 2.15. The number of nitrogens with zero attached hydrogens (tertiary/aromatic N) is 1. The molecule has 0 saturated carbocycles. The van der Waals surface area contributed by atoms with E-state index in [4.69, 9.17) is 19.0 Å². The van der Waals surface area contributed by atoms with Gasteiger partial charge in [-0.15, -0.1) is 0 Å². The van der Waals surface area contributed by atoms with E-state index in [1.54, 1.807) is 7.11 Å². The van der Waals surface area contributed by atoms with Crippen molar-refractivity contribution in [2.24, 2.45) is 0 Å². The van der Waals surface area contributed by atoms with Gasteiger partial charge in [-0.05, 0) is 12.8 Å². The van der Waals surface area contributed by atoms with Gasteiger partial charge in [0, 0.05) is 20.3 Å². The Hall–Kier alpha value is -1.60. The van der Waals surface area contributed by atoms with Gasteiger partial charge >= 0.3 is 5.97 Å². The zero-order chi connectivity index (χ0) is 13.2. The maximum atomic E-state index is 10.5. The number of ether oxygens (including phenoxy) is 2. The Kier molecular flexibility index (Phi) is 6.82. The number of carbonyl (C=O) groups is 1. The van der Waals surface area contributed by atoms with E-state index in [9.17, 15) is 4.79 Å². The summed E-state index contributed by atoms with van der Waals surface area (Å²) < 4.78 is 15.1. The van der Waals surface area contributed by atoms with Gasteiger partial charge in [0.1, 0.15) is 6.26 Å². The Morgan fingerprint density at radius 2 is 2.28 bits per heavy atom. The minimum Gasteiger partial charge on any atom is -0.476 e. The SMILES string of the molecule is COCCOCCCCNc1nc(C(=O)O)co1. The number of aromatic nitrogens is 1. The second kappa shape index (κ2) is 8.48. The van der Waals surface area contributed by atoms with E-state index in [0.29, 0.717) is 26.4 Å². The van der Waals surface area contributed by atoms with Crippen molar-refractivity contribution in [3.05, 3.63) is 12.0 Å². The van der Waals surface area contributed by atoms with E-state index in [1.807, 2.05) is 0 Å². The van der Waals surface area contributed by atoms with Crippen molar-refractivity contribution in [2.45, 2.75) is 12.8 Å². The van der Waals surface area contributed by atoms with Gasteiger partial charge in [-0.3, -0.25) is 0 Å². The number of aromatic carboxylic acids is 1. The van der Waals surface area contributed by atoms with Crippen molar-refractivity contribution in [1.82, 2.24) is 4.98 Å². The number of anilines is 1. The molecule has 0 aromatic carbocycles. The van der Waals surface area contributed by atoms with Crippen LogP contribution in [0.2, 0.25) is 0 Å². The number of methoxy groups -OCH3 is 1. The predicted molar refractivity (Wildman–Crippen MR) is 63.9 cm³/mol. The van der Waals surface area contributed by atoms with Crippen LogP contribution in [0.4, 0.5) is 6.01 Å². The molecule has 0 spiro atoms. The largest absolute Gasteiger partial charge is 0.476 e. The molecule has 0 atom stereocenters. The molecule has 102 valence electrons. The fourth-order valence-electron chi connectivity index (χ4n) is 1.22. The highest BCUT2D eigenvalue weighted by atomic mass is 16.5. The quantitative estimate of drug-likeness (QED) is 0.609. The van der Waals surface area contributed by atoms with Crippen LogP contribution in [0.15, 0.2) is 10.7 Å². The molecule has 1 heterocycles. The van der Waals surface area contributed by atoms with Crippen LogP contribution in [-0.2, 0) is 9.47 Å². The number of hydrogen-bond donors (Lipinski definition) is 2. The average molecular weight is 258 g/mol. The minimum absolute atomic E-state index is 0.0969. The number of rotatable bonds is 10. The molecular weight excluding hydrogens is 240 g/mol. The van der Waals surface area contributed by atoms with Crippen molar-refractivity contribution < 1.29 is 23.8 Å². The molecule has 1 aromatic rings. The molecule has 0 fully saturated rings. The molecule has 0 bridgehead atoms. The molecule has 0 radical (unpaired) electrons. The highest BCUT2D eigenvalue weighted by Gasteiger charge is 2.09. The minimum atomic E-state index is -1.10. The van der Waals surface area contributed by atoms with Crippen LogP contribution in [0, 0.1) is 0 Å². The fraction of sp³-hybridized carbons (Fsp3) is 0.636. The Morgan fingerprint density at radius 3 is 2.94 bits per heavy atom. The molecule has 2 N–H and O–H groups in total. The number of carboxylic acids is 1. The van der Waals surface area contributed by atoms with Gasteiger partial charge in [-0.2, -0.15) is 4.98 Å². The Morgan fingerprint density at radius 1 is 1.44 bits per heavy atom. The summed E-state index contributed by atoms with van der Waals surface area (Å²) in [6, 6.07) is 0.229. The highest BCUT2D eigenvalue weighted by molar-refractivity contribution is 5.85. The van der Waals surface area contributed by atoms with Crippen molar-refractivity contribution >= 4 is 12.0 Å². The number of unbranched alkanes of at least 4 members (excludes halogenated alkanes) is 1. The van der Waals surface area contributed by atoms with E-state index in [2.05, 4.69) is 10.3 Å². The van der Waals surface area contributed by atoms with Gasteiger partial charge in [0.25, 0.3) is 6.01 Å². The number of oxazole rings is 1. The second-order valence-corrected chi connectivity index (χ2v) is 3.58. The van der Waals surface area contributed by atoms with Crippen molar-refractivity contribution in [2.75, 3.05) is 38.8 Å². The Bertz CT molecular complexity index is 353. The molecule has 1 aromatic heterocycles. The first-order valence-electron chi connectivity index (χ1n) is 5.73. The summed E-state index contributed by atoms with van der Waals surface area (Å²) in [4.78, 5) is 14.3. The third-order valence-electron chi connectivity index (χ3n) is 2.15. The highest BCUT2D eigenvalue weighted by Crippen LogP contribution is 2.07. The van der Waals surface area contributed by atoms with Crippen LogP contribution in [0.3, 0.4) is 0 Å². The molecule has 0 aliphatic heterocycles. The number of nitrogens with one attached hydrogen (secondary N) is 1. The van der Waals surface area contributed by atoms with Crippen molar-refractivity contribution in [3.63, 3.8) is 0 Å². The third kappa shape index (κ3) is 5.65. The van der Waals surface area contributed by atoms with Crippen molar-refractivity contribution in [3.8, 4) is 0 Å². The van der Waals surface area contributed by atoms with Gasteiger partial charge in [-0.25, -0.2) is 4.79 Å². The van der Waals surface area contributed by atoms with E-state index in [1.165, 1.54) is 0 Å². The lowest BCUT2D eigenvalue weighted by Gasteiger charge is -2.03. The molecule has 0 aliphatic carbocycles. The van der Waals surface area contributed by atoms with E-state index in [-0.39, 0.29) is 11.7 Å². The molecule has 7 heteroatoms. The molecule has 1 rings (SSSR count). The topological polar surface area (TPSA) is 93.8 Å². The Balaban J connectivity index is 2.02. The van der Waals surface area contributed by atoms with Crippen LogP contribution in [0.25, 0.3) is 0 Å². The van der Waals surface area contributed by atoms with Crippen molar-refractivity contribution in [1.29, 1.82) is 0 Å². The smallest absolute Gasteiger partial charge is 0.357 e. The maximum absolute atomic E-state index is 10.5. The van der Waals surface area contributed by atoms with Crippen LogP contribution < -0.4 is 5.32 Å². The Labute approximate surface area is 105 Å². The number of hydrogen-bond acceptors (Lipinski definition) is 6.